The summed E-state index contributed by atoms with van der Waals surface area (Å²) in [6, 6.07) is 0.255. The Morgan fingerprint density at radius 2 is 1.81 bits per heavy atom. The average Bonchev–Trinajstić information content (AvgIpc) is 2.92. The van der Waals surface area contributed by atoms with Crippen molar-refractivity contribution in [1.29, 1.82) is 0 Å². The molecule has 0 N–H and O–H groups in total. The fourth-order valence-corrected chi connectivity index (χ4v) is 4.59. The largest absolute Gasteiger partial charge is 0.498 e. The Hall–Kier alpha value is -1.32. The number of nitrogens with zero attached hydrogens (tertiary/aromatic N) is 3. The topological polar surface area (TPSA) is 73.8 Å². The van der Waals surface area contributed by atoms with Crippen LogP contribution in [0.15, 0.2) is 17.6 Å². The third-order valence-electron chi connectivity index (χ3n) is 6.34. The molecule has 1 aromatic rings. The summed E-state index contributed by atoms with van der Waals surface area (Å²) in [5.74, 6) is 0.911. The van der Waals surface area contributed by atoms with Crippen LogP contribution in [0.2, 0.25) is 0 Å². The molecule has 7 nitrogen and oxygen atoms in total. The lowest BCUT2D eigenvalue weighted by atomic mass is 9.81. The second-order valence-corrected chi connectivity index (χ2v) is 11.8. The number of hydrogen-bond acceptors (Lipinski definition) is 7. The normalized spacial score (nSPS) is 22.8. The summed E-state index contributed by atoms with van der Waals surface area (Å²) in [7, 11) is -0.441. The maximum absolute atomic E-state index is 12.6. The lowest BCUT2D eigenvalue weighted by Gasteiger charge is -2.36. The molecular weight excluding hydrogens is 425 g/mol. The molecule has 178 valence electrons. The minimum absolute atomic E-state index is 0.184. The number of thioether (sulfide) groups is 1. The Morgan fingerprint density at radius 1 is 1.19 bits per heavy atom. The molecular formula is C23H38BN3O4S. The molecule has 3 rings (SSSR count). The van der Waals surface area contributed by atoms with Crippen LogP contribution in [0.1, 0.15) is 80.6 Å². The average molecular weight is 463 g/mol. The minimum atomic E-state index is -0.460. The summed E-state index contributed by atoms with van der Waals surface area (Å²) in [5, 5.41) is 0.748. The molecule has 1 atom stereocenters. The molecule has 0 unspecified atom stereocenters. The number of hydrogen-bond donors (Lipinski definition) is 0. The maximum Gasteiger partial charge on any atom is 0.498 e. The van der Waals surface area contributed by atoms with Crippen LogP contribution in [0, 0.1) is 0 Å². The van der Waals surface area contributed by atoms with Gasteiger partial charge >= 0.3 is 13.2 Å². The van der Waals surface area contributed by atoms with E-state index in [9.17, 15) is 4.79 Å². The minimum Gasteiger partial charge on any atom is -0.444 e. The second-order valence-electron chi connectivity index (χ2n) is 10.7. The van der Waals surface area contributed by atoms with Crippen molar-refractivity contribution in [1.82, 2.24) is 14.9 Å². The van der Waals surface area contributed by atoms with Crippen LogP contribution in [-0.4, -0.2) is 63.2 Å². The van der Waals surface area contributed by atoms with Gasteiger partial charge in [-0.05, 0) is 80.6 Å². The van der Waals surface area contributed by atoms with E-state index in [0.29, 0.717) is 0 Å². The fourth-order valence-electron chi connectivity index (χ4n) is 3.85. The van der Waals surface area contributed by atoms with Gasteiger partial charge in [-0.1, -0.05) is 11.8 Å². The summed E-state index contributed by atoms with van der Waals surface area (Å²) in [4.78, 5) is 23.5. The third-order valence-corrected chi connectivity index (χ3v) is 7.30. The molecule has 1 amide bonds. The van der Waals surface area contributed by atoms with Crippen molar-refractivity contribution in [2.75, 3.05) is 12.3 Å². The number of likely N-dealkylation sites (tertiary alicyclic amines) is 1. The zero-order valence-electron chi connectivity index (χ0n) is 20.6. The van der Waals surface area contributed by atoms with E-state index in [1.165, 1.54) is 6.42 Å². The molecule has 0 aliphatic carbocycles. The number of carbonyl (C=O) groups excluding carboxylic acids is 1. The van der Waals surface area contributed by atoms with Gasteiger partial charge in [-0.15, -0.1) is 0 Å². The molecule has 0 spiro atoms. The third kappa shape index (κ3) is 6.38. The second kappa shape index (κ2) is 9.89. The maximum atomic E-state index is 12.6. The Balaban J connectivity index is 1.46. The molecule has 3 heterocycles. The molecule has 0 saturated carbocycles. The summed E-state index contributed by atoms with van der Waals surface area (Å²) in [5.41, 5.74) is -0.379. The number of piperidine rings is 1. The Kier molecular flexibility index (Phi) is 7.83. The molecule has 0 aromatic carbocycles. The van der Waals surface area contributed by atoms with Crippen LogP contribution in [-0.2, 0) is 14.0 Å². The number of amides is 1. The molecule has 9 heteroatoms. The number of rotatable bonds is 6. The smallest absolute Gasteiger partial charge is 0.444 e. The van der Waals surface area contributed by atoms with Gasteiger partial charge in [-0.3, -0.25) is 0 Å². The highest BCUT2D eigenvalue weighted by molar-refractivity contribution is 7.99. The van der Waals surface area contributed by atoms with Gasteiger partial charge < -0.3 is 18.9 Å². The Labute approximate surface area is 197 Å². The monoisotopic (exact) mass is 463 g/mol. The van der Waals surface area contributed by atoms with Crippen molar-refractivity contribution < 1.29 is 18.8 Å². The number of carbonyl (C=O) groups is 1. The molecule has 2 fully saturated rings. The first-order valence-corrected chi connectivity index (χ1v) is 12.7. The van der Waals surface area contributed by atoms with E-state index in [-0.39, 0.29) is 23.3 Å². The van der Waals surface area contributed by atoms with E-state index in [1.54, 1.807) is 24.2 Å². The van der Waals surface area contributed by atoms with Crippen molar-refractivity contribution in [3.63, 3.8) is 0 Å². The molecule has 0 bridgehead atoms. The SMILES string of the molecule is CC(C)(C)OC(=O)N1CCCC[C@H]1CCCSc1ncc(B2OC(C)(C)C(C)(C)O2)cn1. The zero-order valence-corrected chi connectivity index (χ0v) is 21.5. The summed E-state index contributed by atoms with van der Waals surface area (Å²) < 4.78 is 17.7. The van der Waals surface area contributed by atoms with Crippen LogP contribution < -0.4 is 5.46 Å². The van der Waals surface area contributed by atoms with Gasteiger partial charge in [0.25, 0.3) is 0 Å². The van der Waals surface area contributed by atoms with Crippen molar-refractivity contribution >= 4 is 30.4 Å². The Morgan fingerprint density at radius 3 is 2.41 bits per heavy atom. The highest BCUT2D eigenvalue weighted by atomic mass is 32.2. The van der Waals surface area contributed by atoms with Gasteiger partial charge in [-0.25, -0.2) is 14.8 Å². The lowest BCUT2D eigenvalue weighted by molar-refractivity contribution is 0.00578. The van der Waals surface area contributed by atoms with E-state index in [2.05, 4.69) is 9.97 Å². The van der Waals surface area contributed by atoms with E-state index < -0.39 is 12.7 Å². The molecule has 0 radical (unpaired) electrons. The van der Waals surface area contributed by atoms with Gasteiger partial charge in [0.05, 0.1) is 11.2 Å². The molecule has 32 heavy (non-hydrogen) atoms. The van der Waals surface area contributed by atoms with Crippen LogP contribution in [0.4, 0.5) is 4.79 Å². The summed E-state index contributed by atoms with van der Waals surface area (Å²) in [6.07, 6.45) is 8.63. The van der Waals surface area contributed by atoms with E-state index in [4.69, 9.17) is 14.0 Å². The van der Waals surface area contributed by atoms with E-state index in [1.807, 2.05) is 53.4 Å². The van der Waals surface area contributed by atoms with E-state index >= 15 is 0 Å². The molecule has 2 aliphatic rings. The van der Waals surface area contributed by atoms with E-state index in [0.717, 1.165) is 48.6 Å². The standard InChI is InChI=1S/C23H38BN3O4S/c1-21(2,3)29-20(28)27-13-9-8-11-18(27)12-10-14-32-19-25-15-17(16-26-19)24-30-22(4,5)23(6,7)31-24/h15-16,18H,8-14H2,1-7H3/t18-/m0/s1. The van der Waals surface area contributed by atoms with Gasteiger partial charge in [0.2, 0.25) is 0 Å². The first-order valence-electron chi connectivity index (χ1n) is 11.7. The first-order chi connectivity index (χ1) is 14.9. The number of aromatic nitrogens is 2. The molecule has 1 aromatic heterocycles. The molecule has 2 aliphatic heterocycles. The van der Waals surface area contributed by atoms with Crippen LogP contribution in [0.5, 0.6) is 0 Å². The van der Waals surface area contributed by atoms with Crippen LogP contribution in [0.3, 0.4) is 0 Å². The van der Waals surface area contributed by atoms with Crippen molar-refractivity contribution in [3.05, 3.63) is 12.4 Å². The lowest BCUT2D eigenvalue weighted by Crippen LogP contribution is -2.46. The quantitative estimate of drug-likeness (QED) is 0.267. The van der Waals surface area contributed by atoms with Gasteiger partial charge in [0.15, 0.2) is 5.16 Å². The van der Waals surface area contributed by atoms with Gasteiger partial charge in [0.1, 0.15) is 5.60 Å². The highest BCUT2D eigenvalue weighted by Crippen LogP contribution is 2.36. The van der Waals surface area contributed by atoms with Crippen molar-refractivity contribution in [2.45, 2.75) is 109 Å². The highest BCUT2D eigenvalue weighted by Gasteiger charge is 2.52. The summed E-state index contributed by atoms with van der Waals surface area (Å²) in [6.45, 7) is 14.7. The fraction of sp³-hybridized carbons (Fsp3) is 0.783. The van der Waals surface area contributed by atoms with Crippen molar-refractivity contribution in [3.8, 4) is 0 Å². The van der Waals surface area contributed by atoms with Crippen LogP contribution in [0.25, 0.3) is 0 Å². The molecule has 2 saturated heterocycles. The van der Waals surface area contributed by atoms with Crippen molar-refractivity contribution in [2.24, 2.45) is 0 Å². The number of ether oxygens (including phenoxy) is 1. The first kappa shape index (κ1) is 25.3. The van der Waals surface area contributed by atoms with Gasteiger partial charge in [0, 0.05) is 36.2 Å². The summed E-state index contributed by atoms with van der Waals surface area (Å²) >= 11 is 1.64. The predicted molar refractivity (Wildman–Crippen MR) is 128 cm³/mol. The van der Waals surface area contributed by atoms with Crippen LogP contribution >= 0.6 is 11.8 Å². The predicted octanol–water partition coefficient (Wildman–Crippen LogP) is 4.44. The zero-order chi connectivity index (χ0) is 23.6. The van der Waals surface area contributed by atoms with Gasteiger partial charge in [-0.2, -0.15) is 0 Å². The Bertz CT molecular complexity index is 766.